The second-order valence-electron chi connectivity index (χ2n) is 2.96. The molecule has 0 saturated carbocycles. The summed E-state index contributed by atoms with van der Waals surface area (Å²) in [5.41, 5.74) is -0.0306. The SMILES string of the molecule is COC(=O)C(C#N)C(=O)c1cccc(F)c1. The van der Waals surface area contributed by atoms with Crippen LogP contribution in [0.4, 0.5) is 4.39 Å². The van der Waals surface area contributed by atoms with Gasteiger partial charge in [-0.05, 0) is 12.1 Å². The lowest BCUT2D eigenvalue weighted by Crippen LogP contribution is -2.24. The van der Waals surface area contributed by atoms with Crippen molar-refractivity contribution < 1.29 is 18.7 Å². The van der Waals surface area contributed by atoms with Gasteiger partial charge in [-0.2, -0.15) is 5.26 Å². The molecule has 1 aromatic carbocycles. The first-order valence-electron chi connectivity index (χ1n) is 4.37. The van der Waals surface area contributed by atoms with E-state index < -0.39 is 23.5 Å². The molecule has 0 N–H and O–H groups in total. The molecule has 1 rings (SSSR count). The van der Waals surface area contributed by atoms with Crippen LogP contribution in [0, 0.1) is 23.1 Å². The molecule has 16 heavy (non-hydrogen) atoms. The summed E-state index contributed by atoms with van der Waals surface area (Å²) in [7, 11) is 1.07. The molecule has 0 bridgehead atoms. The van der Waals surface area contributed by atoms with Gasteiger partial charge in [-0.3, -0.25) is 9.59 Å². The molecule has 0 aliphatic carbocycles. The van der Waals surface area contributed by atoms with Crippen LogP contribution in [0.1, 0.15) is 10.4 Å². The van der Waals surface area contributed by atoms with Crippen LogP contribution in [0.3, 0.4) is 0 Å². The molecule has 0 amide bonds. The van der Waals surface area contributed by atoms with Gasteiger partial charge in [0.2, 0.25) is 5.92 Å². The zero-order valence-corrected chi connectivity index (χ0v) is 8.44. The molecule has 0 aliphatic rings. The van der Waals surface area contributed by atoms with Gasteiger partial charge in [0.1, 0.15) is 5.82 Å². The Hall–Kier alpha value is -2.22. The van der Waals surface area contributed by atoms with Gasteiger partial charge < -0.3 is 4.74 Å². The van der Waals surface area contributed by atoms with Crippen molar-refractivity contribution in [3.05, 3.63) is 35.6 Å². The lowest BCUT2D eigenvalue weighted by Gasteiger charge is -2.05. The van der Waals surface area contributed by atoms with E-state index in [1.165, 1.54) is 18.2 Å². The van der Waals surface area contributed by atoms with Gasteiger partial charge in [0.05, 0.1) is 13.2 Å². The Morgan fingerprint density at radius 2 is 2.19 bits per heavy atom. The molecule has 0 radical (unpaired) electrons. The van der Waals surface area contributed by atoms with E-state index in [2.05, 4.69) is 4.74 Å². The zero-order valence-electron chi connectivity index (χ0n) is 8.44. The van der Waals surface area contributed by atoms with Crippen molar-refractivity contribution in [2.75, 3.05) is 7.11 Å². The first-order valence-corrected chi connectivity index (χ1v) is 4.37. The third-order valence-electron chi connectivity index (χ3n) is 1.94. The summed E-state index contributed by atoms with van der Waals surface area (Å²) in [5.74, 6) is -3.87. The van der Waals surface area contributed by atoms with Crippen molar-refractivity contribution in [3.8, 4) is 6.07 Å². The molecule has 1 atom stereocenters. The Morgan fingerprint density at radius 3 is 2.69 bits per heavy atom. The average Bonchev–Trinajstić information content (AvgIpc) is 2.29. The highest BCUT2D eigenvalue weighted by molar-refractivity contribution is 6.10. The van der Waals surface area contributed by atoms with Crippen molar-refractivity contribution in [1.82, 2.24) is 0 Å². The standard InChI is InChI=1S/C11H8FNO3/c1-16-11(15)9(6-13)10(14)7-3-2-4-8(12)5-7/h2-5,9H,1H3. The maximum Gasteiger partial charge on any atom is 0.331 e. The Morgan fingerprint density at radius 1 is 1.50 bits per heavy atom. The van der Waals surface area contributed by atoms with Crippen LogP contribution in [-0.4, -0.2) is 18.9 Å². The molecule has 0 aromatic heterocycles. The highest BCUT2D eigenvalue weighted by Crippen LogP contribution is 2.11. The number of carbonyl (C=O) groups is 2. The van der Waals surface area contributed by atoms with E-state index in [4.69, 9.17) is 5.26 Å². The fourth-order valence-electron chi connectivity index (χ4n) is 1.14. The van der Waals surface area contributed by atoms with Crippen molar-refractivity contribution in [2.45, 2.75) is 0 Å². The molecule has 82 valence electrons. The van der Waals surface area contributed by atoms with E-state index in [0.29, 0.717) is 0 Å². The van der Waals surface area contributed by atoms with Gasteiger partial charge in [0.25, 0.3) is 0 Å². The number of ketones is 1. The number of benzene rings is 1. The fourth-order valence-corrected chi connectivity index (χ4v) is 1.14. The number of methoxy groups -OCH3 is 1. The van der Waals surface area contributed by atoms with E-state index in [1.54, 1.807) is 0 Å². The molecule has 0 heterocycles. The third-order valence-corrected chi connectivity index (χ3v) is 1.94. The number of rotatable bonds is 3. The predicted octanol–water partition coefficient (Wildman–Crippen LogP) is 1.32. The Balaban J connectivity index is 3.02. The summed E-state index contributed by atoms with van der Waals surface area (Å²) >= 11 is 0. The number of ether oxygens (including phenoxy) is 1. The normalized spacial score (nSPS) is 11.3. The molecule has 0 spiro atoms. The van der Waals surface area contributed by atoms with Crippen LogP contribution in [0.15, 0.2) is 24.3 Å². The molecular formula is C11H8FNO3. The van der Waals surface area contributed by atoms with E-state index in [0.717, 1.165) is 19.2 Å². The summed E-state index contributed by atoms with van der Waals surface area (Å²) in [5, 5.41) is 8.66. The fraction of sp³-hybridized carbons (Fsp3) is 0.182. The largest absolute Gasteiger partial charge is 0.468 e. The molecule has 0 aliphatic heterocycles. The Labute approximate surface area is 91.3 Å². The van der Waals surface area contributed by atoms with Gasteiger partial charge >= 0.3 is 5.97 Å². The quantitative estimate of drug-likeness (QED) is 0.438. The summed E-state index contributed by atoms with van der Waals surface area (Å²) in [6.45, 7) is 0. The van der Waals surface area contributed by atoms with Gasteiger partial charge in [-0.15, -0.1) is 0 Å². The van der Waals surface area contributed by atoms with Gasteiger partial charge in [0, 0.05) is 5.56 Å². The minimum atomic E-state index is -1.55. The zero-order chi connectivity index (χ0) is 12.1. The average molecular weight is 221 g/mol. The highest BCUT2D eigenvalue weighted by Gasteiger charge is 2.28. The number of carbonyl (C=O) groups excluding carboxylic acids is 2. The summed E-state index contributed by atoms with van der Waals surface area (Å²) in [4.78, 5) is 22.7. The van der Waals surface area contributed by atoms with Crippen LogP contribution in [0.5, 0.6) is 0 Å². The highest BCUT2D eigenvalue weighted by atomic mass is 19.1. The predicted molar refractivity (Wildman–Crippen MR) is 51.8 cm³/mol. The number of nitrogens with zero attached hydrogens (tertiary/aromatic N) is 1. The number of nitriles is 1. The number of hydrogen-bond donors (Lipinski definition) is 0. The van der Waals surface area contributed by atoms with Crippen molar-refractivity contribution in [3.63, 3.8) is 0 Å². The summed E-state index contributed by atoms with van der Waals surface area (Å²) in [6, 6.07) is 6.31. The maximum absolute atomic E-state index is 12.8. The van der Waals surface area contributed by atoms with Crippen LogP contribution >= 0.6 is 0 Å². The molecule has 4 nitrogen and oxygen atoms in total. The third kappa shape index (κ3) is 2.42. The van der Waals surface area contributed by atoms with E-state index in [1.807, 2.05) is 0 Å². The van der Waals surface area contributed by atoms with E-state index in [9.17, 15) is 14.0 Å². The maximum atomic E-state index is 12.8. The second-order valence-corrected chi connectivity index (χ2v) is 2.96. The van der Waals surface area contributed by atoms with Gasteiger partial charge in [0.15, 0.2) is 5.78 Å². The lowest BCUT2D eigenvalue weighted by molar-refractivity contribution is -0.141. The van der Waals surface area contributed by atoms with Crippen LogP contribution < -0.4 is 0 Å². The Bertz CT molecular complexity index is 465. The number of esters is 1. The Kier molecular flexibility index (Phi) is 3.72. The van der Waals surface area contributed by atoms with Crippen molar-refractivity contribution in [1.29, 1.82) is 5.26 Å². The van der Waals surface area contributed by atoms with Crippen molar-refractivity contribution in [2.24, 2.45) is 5.92 Å². The van der Waals surface area contributed by atoms with Crippen molar-refractivity contribution >= 4 is 11.8 Å². The molecule has 1 aromatic rings. The topological polar surface area (TPSA) is 67.2 Å². The molecular weight excluding hydrogens is 213 g/mol. The molecule has 0 fully saturated rings. The second kappa shape index (κ2) is 5.03. The first-order chi connectivity index (χ1) is 7.60. The number of Topliss-reactive ketones (excluding diaryl/α,β-unsaturated/α-hetero) is 1. The minimum Gasteiger partial charge on any atom is -0.468 e. The van der Waals surface area contributed by atoms with E-state index in [-0.39, 0.29) is 5.56 Å². The molecule has 5 heteroatoms. The van der Waals surface area contributed by atoms with Gasteiger partial charge in [-0.1, -0.05) is 12.1 Å². The lowest BCUT2D eigenvalue weighted by atomic mass is 9.99. The van der Waals surface area contributed by atoms with Gasteiger partial charge in [-0.25, -0.2) is 4.39 Å². The summed E-state index contributed by atoms with van der Waals surface area (Å²) in [6.07, 6.45) is 0. The number of halogens is 1. The number of hydrogen-bond acceptors (Lipinski definition) is 4. The molecule has 0 saturated heterocycles. The minimum absolute atomic E-state index is 0.0306. The summed E-state index contributed by atoms with van der Waals surface area (Å²) < 4.78 is 17.1. The smallest absolute Gasteiger partial charge is 0.331 e. The molecule has 1 unspecified atom stereocenters. The van der Waals surface area contributed by atoms with Crippen LogP contribution in [0.25, 0.3) is 0 Å². The van der Waals surface area contributed by atoms with Crippen LogP contribution in [0.2, 0.25) is 0 Å². The monoisotopic (exact) mass is 221 g/mol. The first kappa shape index (κ1) is 11.9. The van der Waals surface area contributed by atoms with Crippen LogP contribution in [-0.2, 0) is 9.53 Å². The van der Waals surface area contributed by atoms with E-state index >= 15 is 0 Å².